The van der Waals surface area contributed by atoms with Crippen molar-refractivity contribution in [3.05, 3.63) is 57.4 Å². The molecule has 0 radical (unpaired) electrons. The van der Waals surface area contributed by atoms with E-state index in [1.807, 2.05) is 31.2 Å². The summed E-state index contributed by atoms with van der Waals surface area (Å²) in [4.78, 5) is 28.1. The molecule has 0 saturated heterocycles. The molecule has 1 atom stereocenters. The number of carbonyl (C=O) groups is 2. The normalized spacial score (nSPS) is 16.4. The van der Waals surface area contributed by atoms with Crippen molar-refractivity contribution in [3.8, 4) is 0 Å². The van der Waals surface area contributed by atoms with Crippen LogP contribution in [0.5, 0.6) is 0 Å². The van der Waals surface area contributed by atoms with Gasteiger partial charge < -0.3 is 14.5 Å². The Balaban J connectivity index is 1.81. The number of hydrogen-bond acceptors (Lipinski definition) is 4. The van der Waals surface area contributed by atoms with Crippen LogP contribution in [0.3, 0.4) is 0 Å². The summed E-state index contributed by atoms with van der Waals surface area (Å²) in [6, 6.07) is 7.57. The minimum absolute atomic E-state index is 0.00331. The summed E-state index contributed by atoms with van der Waals surface area (Å²) in [6.45, 7) is 4.78. The highest BCUT2D eigenvalue weighted by molar-refractivity contribution is 6.31. The monoisotopic (exact) mass is 375 g/mol. The van der Waals surface area contributed by atoms with E-state index in [1.54, 1.807) is 6.92 Å². The van der Waals surface area contributed by atoms with Crippen molar-refractivity contribution in [2.45, 2.75) is 32.6 Å². The van der Waals surface area contributed by atoms with Gasteiger partial charge in [-0.05, 0) is 43.4 Å². The van der Waals surface area contributed by atoms with Crippen molar-refractivity contribution in [1.29, 1.82) is 0 Å². The van der Waals surface area contributed by atoms with Crippen molar-refractivity contribution in [2.75, 3.05) is 19.8 Å². The largest absolute Gasteiger partial charge is 0.459 e. The summed E-state index contributed by atoms with van der Waals surface area (Å²) < 4.78 is 10.4. The maximum Gasteiger partial charge on any atom is 0.355 e. The van der Waals surface area contributed by atoms with E-state index in [4.69, 9.17) is 21.1 Å². The van der Waals surface area contributed by atoms with Gasteiger partial charge in [-0.2, -0.15) is 0 Å². The molecule has 0 bridgehead atoms. The Hall–Kier alpha value is -2.11. The Kier molecular flexibility index (Phi) is 5.79. The summed E-state index contributed by atoms with van der Waals surface area (Å²) >= 11 is 6.29. The van der Waals surface area contributed by atoms with Crippen LogP contribution in [-0.4, -0.2) is 36.6 Å². The first-order valence-corrected chi connectivity index (χ1v) is 9.14. The lowest BCUT2D eigenvalue weighted by atomic mass is 9.81. The van der Waals surface area contributed by atoms with Gasteiger partial charge in [0.2, 0.25) is 0 Å². The Morgan fingerprint density at radius 1 is 1.27 bits per heavy atom. The van der Waals surface area contributed by atoms with Gasteiger partial charge in [0.15, 0.2) is 5.78 Å². The maximum absolute atomic E-state index is 12.7. The molecule has 1 aromatic carbocycles. The molecular weight excluding hydrogens is 354 g/mol. The lowest BCUT2D eigenvalue weighted by molar-refractivity contribution is 0.0329. The number of halogens is 1. The van der Waals surface area contributed by atoms with Crippen LogP contribution in [0.4, 0.5) is 0 Å². The zero-order chi connectivity index (χ0) is 18.7. The second-order valence-corrected chi connectivity index (χ2v) is 6.77. The van der Waals surface area contributed by atoms with E-state index in [0.29, 0.717) is 47.9 Å². The Labute approximate surface area is 157 Å². The molecule has 0 fully saturated rings. The average molecular weight is 376 g/mol. The predicted molar refractivity (Wildman–Crippen MR) is 99.1 cm³/mol. The summed E-state index contributed by atoms with van der Waals surface area (Å²) in [6.07, 6.45) is 1.02. The lowest BCUT2D eigenvalue weighted by Gasteiger charge is -2.22. The van der Waals surface area contributed by atoms with Crippen LogP contribution in [0.25, 0.3) is 0 Å². The lowest BCUT2D eigenvalue weighted by Crippen LogP contribution is -2.18. The molecule has 3 rings (SSSR count). The minimum Gasteiger partial charge on any atom is -0.459 e. The number of carbonyl (C=O) groups excluding carboxylic acids is 2. The number of nitrogens with one attached hydrogen (secondary N) is 1. The maximum atomic E-state index is 12.7. The molecular formula is C20H22ClNO4. The van der Waals surface area contributed by atoms with Gasteiger partial charge >= 0.3 is 5.97 Å². The van der Waals surface area contributed by atoms with Gasteiger partial charge in [-0.15, -0.1) is 0 Å². The van der Waals surface area contributed by atoms with Crippen molar-refractivity contribution in [3.63, 3.8) is 0 Å². The quantitative estimate of drug-likeness (QED) is 0.610. The summed E-state index contributed by atoms with van der Waals surface area (Å²) in [5.74, 6) is -0.430. The van der Waals surface area contributed by atoms with E-state index in [9.17, 15) is 9.59 Å². The molecule has 1 aliphatic rings. The van der Waals surface area contributed by atoms with Crippen molar-refractivity contribution < 1.29 is 19.1 Å². The molecule has 0 amide bonds. The second-order valence-electron chi connectivity index (χ2n) is 6.36. The number of benzene rings is 1. The minimum atomic E-state index is -0.460. The van der Waals surface area contributed by atoms with E-state index in [0.717, 1.165) is 11.3 Å². The fourth-order valence-electron chi connectivity index (χ4n) is 3.47. The molecule has 5 nitrogen and oxygen atoms in total. The van der Waals surface area contributed by atoms with Crippen LogP contribution in [0.15, 0.2) is 24.3 Å². The van der Waals surface area contributed by atoms with Gasteiger partial charge in [-0.3, -0.25) is 4.79 Å². The molecule has 26 heavy (non-hydrogen) atoms. The number of rotatable bonds is 6. The number of fused-ring (bicyclic) bond motifs is 1. The molecule has 1 aliphatic carbocycles. The van der Waals surface area contributed by atoms with Crippen LogP contribution in [0.1, 0.15) is 56.9 Å². The zero-order valence-electron chi connectivity index (χ0n) is 14.9. The highest BCUT2D eigenvalue weighted by Crippen LogP contribution is 2.37. The Morgan fingerprint density at radius 3 is 2.77 bits per heavy atom. The topological polar surface area (TPSA) is 68.4 Å². The molecule has 1 heterocycles. The zero-order valence-corrected chi connectivity index (χ0v) is 15.7. The predicted octanol–water partition coefficient (Wildman–Crippen LogP) is 4.08. The highest BCUT2D eigenvalue weighted by atomic mass is 35.5. The first-order valence-electron chi connectivity index (χ1n) is 8.76. The number of ether oxygens (including phenoxy) is 2. The van der Waals surface area contributed by atoms with Gasteiger partial charge in [-0.25, -0.2) is 4.79 Å². The molecule has 2 aromatic rings. The summed E-state index contributed by atoms with van der Waals surface area (Å²) in [5.41, 5.74) is 3.36. The molecule has 0 saturated carbocycles. The Morgan fingerprint density at radius 2 is 2.04 bits per heavy atom. The number of hydrogen-bond donors (Lipinski definition) is 1. The van der Waals surface area contributed by atoms with Crippen LogP contribution in [0, 0.1) is 6.92 Å². The number of Topliss-reactive ketones (excluding diaryl/α,β-unsaturated/α-hetero) is 1. The smallest absolute Gasteiger partial charge is 0.355 e. The second kappa shape index (κ2) is 8.06. The van der Waals surface area contributed by atoms with Crippen LogP contribution < -0.4 is 0 Å². The molecule has 0 aliphatic heterocycles. The number of esters is 1. The third-order valence-corrected chi connectivity index (χ3v) is 5.05. The van der Waals surface area contributed by atoms with E-state index in [-0.39, 0.29) is 18.3 Å². The van der Waals surface area contributed by atoms with Crippen LogP contribution >= 0.6 is 11.6 Å². The summed E-state index contributed by atoms with van der Waals surface area (Å²) in [7, 11) is 0. The standard InChI is InChI=1S/C20H22ClNO4/c1-3-25-8-9-26-20(24)19-12(2)18-16(22-19)10-13(11-17(18)23)14-6-4-5-7-15(14)21/h4-7,13,22H,3,8-11H2,1-2H3/t13-/m1/s1. The summed E-state index contributed by atoms with van der Waals surface area (Å²) in [5, 5.41) is 0.660. The molecule has 1 N–H and O–H groups in total. The Bertz CT molecular complexity index is 827. The van der Waals surface area contributed by atoms with Gasteiger partial charge in [0.25, 0.3) is 0 Å². The van der Waals surface area contributed by atoms with Gasteiger partial charge in [-0.1, -0.05) is 29.8 Å². The highest BCUT2D eigenvalue weighted by Gasteiger charge is 2.32. The first kappa shape index (κ1) is 18.7. The third-order valence-electron chi connectivity index (χ3n) is 4.70. The SMILES string of the molecule is CCOCCOC(=O)c1[nH]c2c(c1C)C(=O)C[C@H](c1ccccc1Cl)C2. The molecule has 6 heteroatoms. The van der Waals surface area contributed by atoms with Gasteiger partial charge in [0, 0.05) is 29.3 Å². The third kappa shape index (κ3) is 3.69. The molecule has 1 aromatic heterocycles. The number of aromatic amines is 1. The van der Waals surface area contributed by atoms with Gasteiger partial charge in [0.1, 0.15) is 12.3 Å². The van der Waals surface area contributed by atoms with E-state index >= 15 is 0 Å². The number of aromatic nitrogens is 1. The van der Waals surface area contributed by atoms with Crippen molar-refractivity contribution in [2.24, 2.45) is 0 Å². The fraction of sp³-hybridized carbons (Fsp3) is 0.400. The molecule has 138 valence electrons. The fourth-order valence-corrected chi connectivity index (χ4v) is 3.76. The molecule has 0 unspecified atom stereocenters. The van der Waals surface area contributed by atoms with E-state index < -0.39 is 5.97 Å². The first-order chi connectivity index (χ1) is 12.5. The van der Waals surface area contributed by atoms with Crippen LogP contribution in [-0.2, 0) is 15.9 Å². The number of ketones is 1. The number of H-pyrrole nitrogens is 1. The van der Waals surface area contributed by atoms with E-state index in [2.05, 4.69) is 4.98 Å². The van der Waals surface area contributed by atoms with Crippen molar-refractivity contribution >= 4 is 23.4 Å². The van der Waals surface area contributed by atoms with E-state index in [1.165, 1.54) is 0 Å². The van der Waals surface area contributed by atoms with Crippen LogP contribution in [0.2, 0.25) is 5.02 Å². The van der Waals surface area contributed by atoms with Crippen molar-refractivity contribution in [1.82, 2.24) is 4.98 Å². The van der Waals surface area contributed by atoms with Gasteiger partial charge in [0.05, 0.1) is 6.61 Å². The average Bonchev–Trinajstić information content (AvgIpc) is 2.96. The molecule has 0 spiro atoms.